The standard InChI is InChI=1S/C19H23N3O2S/c1-14(2)25(23,24)21-12-15(3)16-4-6-18(7-5-16)22-11-9-17-13-20-10-8-19(17)22/h4-11,13-15,21H,12H2,1-3H3. The molecule has 0 radical (unpaired) electrons. The summed E-state index contributed by atoms with van der Waals surface area (Å²) in [6.07, 6.45) is 5.67. The molecule has 1 atom stereocenters. The summed E-state index contributed by atoms with van der Waals surface area (Å²) < 4.78 is 28.6. The second kappa shape index (κ2) is 6.98. The minimum atomic E-state index is -3.23. The Kier molecular flexibility index (Phi) is 4.92. The molecule has 1 N–H and O–H groups in total. The molecule has 0 saturated heterocycles. The van der Waals surface area contributed by atoms with Gasteiger partial charge in [-0.1, -0.05) is 19.1 Å². The zero-order valence-corrected chi connectivity index (χ0v) is 15.5. The van der Waals surface area contributed by atoms with E-state index in [9.17, 15) is 8.42 Å². The Morgan fingerprint density at radius 2 is 1.80 bits per heavy atom. The number of pyridine rings is 1. The van der Waals surface area contributed by atoms with Crippen LogP contribution in [-0.2, 0) is 10.0 Å². The molecular formula is C19H23N3O2S. The van der Waals surface area contributed by atoms with E-state index >= 15 is 0 Å². The average Bonchev–Trinajstić information content (AvgIpc) is 3.04. The van der Waals surface area contributed by atoms with Gasteiger partial charge in [0, 0.05) is 36.2 Å². The van der Waals surface area contributed by atoms with Gasteiger partial charge >= 0.3 is 0 Å². The van der Waals surface area contributed by atoms with Crippen LogP contribution in [0, 0.1) is 0 Å². The summed E-state index contributed by atoms with van der Waals surface area (Å²) in [7, 11) is -3.23. The van der Waals surface area contributed by atoms with Gasteiger partial charge < -0.3 is 4.57 Å². The van der Waals surface area contributed by atoms with Crippen molar-refractivity contribution in [2.75, 3.05) is 6.54 Å². The van der Waals surface area contributed by atoms with Gasteiger partial charge in [0.25, 0.3) is 0 Å². The van der Waals surface area contributed by atoms with Crippen LogP contribution in [0.3, 0.4) is 0 Å². The molecule has 0 saturated carbocycles. The average molecular weight is 357 g/mol. The summed E-state index contributed by atoms with van der Waals surface area (Å²) >= 11 is 0. The highest BCUT2D eigenvalue weighted by Gasteiger charge is 2.17. The third kappa shape index (κ3) is 3.75. The molecule has 2 heterocycles. The van der Waals surface area contributed by atoms with E-state index in [2.05, 4.69) is 38.5 Å². The molecule has 0 aliphatic rings. The predicted molar refractivity (Wildman–Crippen MR) is 102 cm³/mol. The number of rotatable bonds is 6. The van der Waals surface area contributed by atoms with Crippen LogP contribution in [0.5, 0.6) is 0 Å². The minimum absolute atomic E-state index is 0.105. The molecule has 0 aliphatic carbocycles. The van der Waals surface area contributed by atoms with E-state index < -0.39 is 15.3 Å². The van der Waals surface area contributed by atoms with Crippen molar-refractivity contribution in [3.05, 3.63) is 60.6 Å². The Labute approximate surface area is 148 Å². The van der Waals surface area contributed by atoms with Crippen molar-refractivity contribution >= 4 is 20.9 Å². The Hall–Kier alpha value is -2.18. The summed E-state index contributed by atoms with van der Waals surface area (Å²) in [4.78, 5) is 4.14. The van der Waals surface area contributed by atoms with Crippen LogP contribution in [0.1, 0.15) is 32.3 Å². The number of hydrogen-bond acceptors (Lipinski definition) is 3. The molecule has 3 rings (SSSR count). The zero-order valence-electron chi connectivity index (χ0n) is 14.7. The Morgan fingerprint density at radius 3 is 2.48 bits per heavy atom. The fourth-order valence-corrected chi connectivity index (χ4v) is 3.51. The molecule has 1 aromatic carbocycles. The van der Waals surface area contributed by atoms with Crippen molar-refractivity contribution < 1.29 is 8.42 Å². The van der Waals surface area contributed by atoms with E-state index in [1.54, 1.807) is 20.0 Å². The van der Waals surface area contributed by atoms with Crippen LogP contribution >= 0.6 is 0 Å². The fourth-order valence-electron chi connectivity index (χ4n) is 2.70. The maximum atomic E-state index is 11.9. The second-order valence-electron chi connectivity index (χ2n) is 6.56. The molecule has 2 aromatic heterocycles. The number of fused-ring (bicyclic) bond motifs is 1. The third-order valence-electron chi connectivity index (χ3n) is 4.44. The van der Waals surface area contributed by atoms with Crippen molar-refractivity contribution in [1.29, 1.82) is 0 Å². The molecule has 132 valence electrons. The van der Waals surface area contributed by atoms with Crippen LogP contribution in [-0.4, -0.2) is 29.8 Å². The Morgan fingerprint density at radius 1 is 1.08 bits per heavy atom. The largest absolute Gasteiger partial charge is 0.316 e. The summed E-state index contributed by atoms with van der Waals surface area (Å²) in [5, 5.41) is 0.682. The number of sulfonamides is 1. The summed E-state index contributed by atoms with van der Waals surface area (Å²) in [6.45, 7) is 5.78. The van der Waals surface area contributed by atoms with Crippen LogP contribution in [0.15, 0.2) is 55.0 Å². The number of nitrogens with one attached hydrogen (secondary N) is 1. The molecule has 0 amide bonds. The lowest BCUT2D eigenvalue weighted by molar-refractivity contribution is 0.566. The highest BCUT2D eigenvalue weighted by atomic mass is 32.2. The molecule has 6 heteroatoms. The van der Waals surface area contributed by atoms with E-state index in [1.807, 2.05) is 31.5 Å². The lowest BCUT2D eigenvalue weighted by atomic mass is 10.0. The van der Waals surface area contributed by atoms with Crippen molar-refractivity contribution in [2.45, 2.75) is 31.9 Å². The van der Waals surface area contributed by atoms with E-state index in [-0.39, 0.29) is 5.92 Å². The number of benzene rings is 1. The Balaban J connectivity index is 1.76. The summed E-state index contributed by atoms with van der Waals surface area (Å²) in [5.74, 6) is 0.105. The highest BCUT2D eigenvalue weighted by Crippen LogP contribution is 2.22. The predicted octanol–water partition coefficient (Wildman–Crippen LogP) is 3.46. The van der Waals surface area contributed by atoms with E-state index in [4.69, 9.17) is 0 Å². The van der Waals surface area contributed by atoms with Gasteiger partial charge in [-0.15, -0.1) is 0 Å². The zero-order chi connectivity index (χ0) is 18.0. The molecule has 1 unspecified atom stereocenters. The van der Waals surface area contributed by atoms with E-state index in [0.717, 1.165) is 22.2 Å². The van der Waals surface area contributed by atoms with E-state index in [1.165, 1.54) is 0 Å². The van der Waals surface area contributed by atoms with Crippen LogP contribution in [0.4, 0.5) is 0 Å². The maximum Gasteiger partial charge on any atom is 0.213 e. The molecular weight excluding hydrogens is 334 g/mol. The van der Waals surface area contributed by atoms with Gasteiger partial charge in [0.2, 0.25) is 10.0 Å². The lowest BCUT2D eigenvalue weighted by Crippen LogP contribution is -2.33. The normalized spacial score (nSPS) is 13.4. The molecule has 25 heavy (non-hydrogen) atoms. The van der Waals surface area contributed by atoms with Crippen LogP contribution < -0.4 is 4.72 Å². The van der Waals surface area contributed by atoms with Gasteiger partial charge in [-0.25, -0.2) is 13.1 Å². The molecule has 0 fully saturated rings. The Bertz CT molecular complexity index is 960. The first-order valence-corrected chi connectivity index (χ1v) is 9.93. The molecule has 0 spiro atoms. The fraction of sp³-hybridized carbons (Fsp3) is 0.316. The molecule has 3 aromatic rings. The summed E-state index contributed by atoms with van der Waals surface area (Å²) in [5.41, 5.74) is 3.29. The van der Waals surface area contributed by atoms with Crippen molar-refractivity contribution in [1.82, 2.24) is 14.3 Å². The molecule has 5 nitrogen and oxygen atoms in total. The van der Waals surface area contributed by atoms with Gasteiger partial charge in [0.1, 0.15) is 0 Å². The highest BCUT2D eigenvalue weighted by molar-refractivity contribution is 7.90. The number of aromatic nitrogens is 2. The van der Waals surface area contributed by atoms with Crippen molar-refractivity contribution in [2.24, 2.45) is 0 Å². The SMILES string of the molecule is CC(CNS(=O)(=O)C(C)C)c1ccc(-n2ccc3cnccc32)cc1. The number of hydrogen-bond donors (Lipinski definition) is 1. The van der Waals surface area contributed by atoms with Crippen LogP contribution in [0.2, 0.25) is 0 Å². The van der Waals surface area contributed by atoms with Crippen molar-refractivity contribution in [3.8, 4) is 5.69 Å². The second-order valence-corrected chi connectivity index (χ2v) is 8.88. The van der Waals surface area contributed by atoms with Crippen molar-refractivity contribution in [3.63, 3.8) is 0 Å². The van der Waals surface area contributed by atoms with Gasteiger partial charge in [-0.05, 0) is 49.6 Å². The van der Waals surface area contributed by atoms with Gasteiger partial charge in [0.05, 0.1) is 10.8 Å². The maximum absolute atomic E-state index is 11.9. The lowest BCUT2D eigenvalue weighted by Gasteiger charge is -2.16. The number of nitrogens with zero attached hydrogens (tertiary/aromatic N) is 2. The third-order valence-corrected chi connectivity index (χ3v) is 6.25. The minimum Gasteiger partial charge on any atom is -0.316 e. The topological polar surface area (TPSA) is 64.0 Å². The van der Waals surface area contributed by atoms with Gasteiger partial charge in [0.15, 0.2) is 0 Å². The molecule has 0 aliphatic heterocycles. The quantitative estimate of drug-likeness (QED) is 0.735. The summed E-state index contributed by atoms with van der Waals surface area (Å²) in [6, 6.07) is 12.3. The van der Waals surface area contributed by atoms with E-state index in [0.29, 0.717) is 6.54 Å². The van der Waals surface area contributed by atoms with Crippen LogP contribution in [0.25, 0.3) is 16.6 Å². The van der Waals surface area contributed by atoms with Gasteiger partial charge in [-0.3, -0.25) is 4.98 Å². The first-order valence-electron chi connectivity index (χ1n) is 8.38. The molecule has 0 bridgehead atoms. The monoisotopic (exact) mass is 357 g/mol. The smallest absolute Gasteiger partial charge is 0.213 e. The first kappa shape index (κ1) is 17.6. The first-order chi connectivity index (χ1) is 11.9. The van der Waals surface area contributed by atoms with Gasteiger partial charge in [-0.2, -0.15) is 0 Å².